The number of carboxylic acids is 1. The summed E-state index contributed by atoms with van der Waals surface area (Å²) in [5.74, 6) is -3.24. The fraction of sp³-hybridized carbons (Fsp3) is 0.500. The Morgan fingerprint density at radius 2 is 2.00 bits per heavy atom. The second-order valence-corrected chi connectivity index (χ2v) is 3.32. The van der Waals surface area contributed by atoms with E-state index in [0.717, 1.165) is 0 Å². The Hall–Kier alpha value is -1.39. The molecular formula is C10H12F2O3. The van der Waals surface area contributed by atoms with E-state index in [0.29, 0.717) is 6.42 Å². The molecule has 2 aliphatic rings. The molecule has 1 heterocycles. The molecule has 15 heavy (non-hydrogen) atoms. The molecule has 0 amide bonds. The smallest absolute Gasteiger partial charge is 0.349 e. The summed E-state index contributed by atoms with van der Waals surface area (Å²) >= 11 is 0. The molecule has 0 bridgehead atoms. The van der Waals surface area contributed by atoms with Gasteiger partial charge in [-0.3, -0.25) is 0 Å². The molecule has 84 valence electrons. The Labute approximate surface area is 86.0 Å². The number of rotatable bonds is 1. The van der Waals surface area contributed by atoms with Gasteiger partial charge in [-0.05, 0) is 18.6 Å². The van der Waals surface area contributed by atoms with Crippen molar-refractivity contribution in [3.05, 3.63) is 24.5 Å². The van der Waals surface area contributed by atoms with Gasteiger partial charge in [-0.2, -0.15) is 0 Å². The van der Waals surface area contributed by atoms with Crippen LogP contribution in [0.2, 0.25) is 0 Å². The molecule has 0 aromatic carbocycles. The summed E-state index contributed by atoms with van der Waals surface area (Å²) in [5, 5.41) is 8.33. The van der Waals surface area contributed by atoms with Gasteiger partial charge in [0.15, 0.2) is 0 Å². The van der Waals surface area contributed by atoms with Crippen molar-refractivity contribution < 1.29 is 23.4 Å². The zero-order valence-corrected chi connectivity index (χ0v) is 8.03. The quantitative estimate of drug-likeness (QED) is 0.734. The summed E-state index contributed by atoms with van der Waals surface area (Å²) in [6, 6.07) is 0. The third-order valence-corrected chi connectivity index (χ3v) is 2.03. The number of carboxylic acid groups (broad SMARTS) is 1. The first-order chi connectivity index (χ1) is 7.01. The number of allylic oxidation sites excluding steroid dienone is 2. The van der Waals surface area contributed by atoms with E-state index < -0.39 is 18.0 Å². The summed E-state index contributed by atoms with van der Waals surface area (Å²) < 4.78 is 27.7. The summed E-state index contributed by atoms with van der Waals surface area (Å²) in [6.07, 6.45) is 6.27. The zero-order chi connectivity index (χ0) is 11.3. The number of alkyl halides is 2. The van der Waals surface area contributed by atoms with Gasteiger partial charge in [0.25, 0.3) is 0 Å². The molecule has 3 nitrogen and oxygen atoms in total. The molecule has 1 fully saturated rings. The average molecular weight is 218 g/mol. The Kier molecular flexibility index (Phi) is 3.82. The standard InChI is InChI=1S/C6H6O3.C4H6F2/c7-6(8)5-3-1-2-4-9-5;5-4(6)2-1-3-4/h1-5H,(H,7,8);1-3H2. The van der Waals surface area contributed by atoms with Gasteiger partial charge in [0.2, 0.25) is 12.0 Å². The van der Waals surface area contributed by atoms with Crippen molar-refractivity contribution in [1.82, 2.24) is 0 Å². The lowest BCUT2D eigenvalue weighted by atomic mass is 9.95. The van der Waals surface area contributed by atoms with E-state index in [2.05, 4.69) is 4.74 Å². The minimum absolute atomic E-state index is 0.118. The highest BCUT2D eigenvalue weighted by molar-refractivity contribution is 5.75. The lowest BCUT2D eigenvalue weighted by Crippen LogP contribution is -2.24. The van der Waals surface area contributed by atoms with Gasteiger partial charge < -0.3 is 9.84 Å². The Bertz CT molecular complexity index is 278. The summed E-state index contributed by atoms with van der Waals surface area (Å²) in [4.78, 5) is 10.1. The fourth-order valence-corrected chi connectivity index (χ4v) is 0.970. The summed E-state index contributed by atoms with van der Waals surface area (Å²) in [6.45, 7) is 0. The van der Waals surface area contributed by atoms with E-state index >= 15 is 0 Å². The number of aliphatic carboxylic acids is 1. The van der Waals surface area contributed by atoms with Crippen LogP contribution in [-0.2, 0) is 9.53 Å². The Morgan fingerprint density at radius 1 is 1.40 bits per heavy atom. The molecule has 0 aromatic rings. The number of carbonyl (C=O) groups is 1. The van der Waals surface area contributed by atoms with Crippen LogP contribution in [0.15, 0.2) is 24.5 Å². The van der Waals surface area contributed by atoms with Gasteiger partial charge in [-0.1, -0.05) is 6.08 Å². The van der Waals surface area contributed by atoms with Crippen molar-refractivity contribution in [3.8, 4) is 0 Å². The lowest BCUT2D eigenvalue weighted by molar-refractivity contribution is -0.144. The van der Waals surface area contributed by atoms with Crippen LogP contribution in [0.3, 0.4) is 0 Å². The molecule has 1 aliphatic carbocycles. The van der Waals surface area contributed by atoms with Crippen molar-refractivity contribution in [3.63, 3.8) is 0 Å². The molecule has 0 saturated heterocycles. The first-order valence-corrected chi connectivity index (χ1v) is 4.61. The highest BCUT2D eigenvalue weighted by Gasteiger charge is 2.36. The highest BCUT2D eigenvalue weighted by atomic mass is 19.3. The molecule has 1 aliphatic heterocycles. The maximum absolute atomic E-state index is 11.5. The van der Waals surface area contributed by atoms with E-state index in [1.54, 1.807) is 12.2 Å². The zero-order valence-electron chi connectivity index (χ0n) is 8.03. The second kappa shape index (κ2) is 4.91. The number of halogens is 2. The van der Waals surface area contributed by atoms with Gasteiger partial charge >= 0.3 is 5.97 Å². The molecule has 0 aromatic heterocycles. The van der Waals surface area contributed by atoms with E-state index in [1.807, 2.05) is 0 Å². The van der Waals surface area contributed by atoms with Crippen molar-refractivity contribution >= 4 is 5.97 Å². The third-order valence-electron chi connectivity index (χ3n) is 2.03. The fourth-order valence-electron chi connectivity index (χ4n) is 0.970. The SMILES string of the molecule is FC1(F)CCC1.O=C(O)C1C=CC=CO1. The van der Waals surface area contributed by atoms with Crippen LogP contribution < -0.4 is 0 Å². The predicted octanol–water partition coefficient (Wildman–Crippen LogP) is 2.35. The largest absolute Gasteiger partial charge is 0.482 e. The van der Waals surface area contributed by atoms with Crippen LogP contribution in [0, 0.1) is 0 Å². The minimum atomic E-state index is -2.28. The normalized spacial score (nSPS) is 25.6. The number of hydrogen-bond acceptors (Lipinski definition) is 2. The van der Waals surface area contributed by atoms with E-state index in [9.17, 15) is 13.6 Å². The van der Waals surface area contributed by atoms with Crippen LogP contribution in [0.5, 0.6) is 0 Å². The van der Waals surface area contributed by atoms with Crippen molar-refractivity contribution in [2.24, 2.45) is 0 Å². The van der Waals surface area contributed by atoms with Gasteiger partial charge in [0.1, 0.15) is 0 Å². The summed E-state index contributed by atoms with van der Waals surface area (Å²) in [7, 11) is 0. The predicted molar refractivity (Wildman–Crippen MR) is 49.6 cm³/mol. The van der Waals surface area contributed by atoms with Crippen LogP contribution in [-0.4, -0.2) is 23.1 Å². The molecule has 5 heteroatoms. The second-order valence-electron chi connectivity index (χ2n) is 3.32. The first-order valence-electron chi connectivity index (χ1n) is 4.61. The van der Waals surface area contributed by atoms with E-state index in [-0.39, 0.29) is 12.8 Å². The Morgan fingerprint density at radius 3 is 2.20 bits per heavy atom. The van der Waals surface area contributed by atoms with Gasteiger partial charge in [0.05, 0.1) is 6.26 Å². The number of ether oxygens (including phenoxy) is 1. The molecule has 1 unspecified atom stereocenters. The lowest BCUT2D eigenvalue weighted by Gasteiger charge is -2.23. The molecular weight excluding hydrogens is 206 g/mol. The molecule has 1 saturated carbocycles. The molecule has 1 atom stereocenters. The topological polar surface area (TPSA) is 46.5 Å². The molecule has 0 radical (unpaired) electrons. The third kappa shape index (κ3) is 4.10. The Balaban J connectivity index is 0.000000162. The van der Waals surface area contributed by atoms with Crippen LogP contribution in [0.4, 0.5) is 8.78 Å². The summed E-state index contributed by atoms with van der Waals surface area (Å²) in [5.41, 5.74) is 0. The molecule has 1 N–H and O–H groups in total. The highest BCUT2D eigenvalue weighted by Crippen LogP contribution is 2.36. The van der Waals surface area contributed by atoms with Crippen LogP contribution in [0.25, 0.3) is 0 Å². The van der Waals surface area contributed by atoms with Gasteiger partial charge in [0, 0.05) is 12.8 Å². The minimum Gasteiger partial charge on any atom is -0.482 e. The van der Waals surface area contributed by atoms with Gasteiger partial charge in [-0.15, -0.1) is 0 Å². The monoisotopic (exact) mass is 218 g/mol. The average Bonchev–Trinajstić information content (AvgIpc) is 2.18. The molecule has 0 spiro atoms. The number of hydrogen-bond donors (Lipinski definition) is 1. The molecule has 2 rings (SSSR count). The maximum Gasteiger partial charge on any atom is 0.349 e. The van der Waals surface area contributed by atoms with Crippen molar-refractivity contribution in [2.75, 3.05) is 0 Å². The van der Waals surface area contributed by atoms with Crippen LogP contribution >= 0.6 is 0 Å². The van der Waals surface area contributed by atoms with Crippen molar-refractivity contribution in [2.45, 2.75) is 31.3 Å². The van der Waals surface area contributed by atoms with Crippen molar-refractivity contribution in [1.29, 1.82) is 0 Å². The first kappa shape index (κ1) is 11.7. The maximum atomic E-state index is 11.5. The van der Waals surface area contributed by atoms with E-state index in [1.165, 1.54) is 12.3 Å². The van der Waals surface area contributed by atoms with Gasteiger partial charge in [-0.25, -0.2) is 13.6 Å². The van der Waals surface area contributed by atoms with Crippen LogP contribution in [0.1, 0.15) is 19.3 Å². The van der Waals surface area contributed by atoms with E-state index in [4.69, 9.17) is 5.11 Å².